The molecule has 1 atom stereocenters. The van der Waals surface area contributed by atoms with E-state index < -0.39 is 0 Å². The summed E-state index contributed by atoms with van der Waals surface area (Å²) in [6, 6.07) is 6.83. The van der Waals surface area contributed by atoms with Crippen LogP contribution < -0.4 is 0 Å². The molecule has 1 fully saturated rings. The van der Waals surface area contributed by atoms with Gasteiger partial charge in [-0.15, -0.1) is 11.6 Å². The highest BCUT2D eigenvalue weighted by Crippen LogP contribution is 2.53. The summed E-state index contributed by atoms with van der Waals surface area (Å²) >= 11 is 6.13. The monoisotopic (exact) mass is 212 g/mol. The van der Waals surface area contributed by atoms with E-state index in [9.17, 15) is 4.39 Å². The van der Waals surface area contributed by atoms with Crippen molar-refractivity contribution in [2.24, 2.45) is 5.41 Å². The lowest BCUT2D eigenvalue weighted by Crippen LogP contribution is -2.15. The van der Waals surface area contributed by atoms with Crippen molar-refractivity contribution in [1.82, 2.24) is 0 Å². The first-order valence-electron chi connectivity index (χ1n) is 5.01. The molecule has 0 aliphatic heterocycles. The minimum absolute atomic E-state index is 0.152. The van der Waals surface area contributed by atoms with Gasteiger partial charge in [0.25, 0.3) is 0 Å². The van der Waals surface area contributed by atoms with Gasteiger partial charge < -0.3 is 0 Å². The molecule has 1 aliphatic rings. The maximum Gasteiger partial charge on any atom is 0.123 e. The number of rotatable bonds is 3. The molecule has 1 unspecified atom stereocenters. The molecule has 0 bridgehead atoms. The second kappa shape index (κ2) is 3.54. The largest absolute Gasteiger partial charge is 0.207 e. The molecule has 2 rings (SSSR count). The Morgan fingerprint density at radius 2 is 2.21 bits per heavy atom. The van der Waals surface area contributed by atoms with Gasteiger partial charge in [-0.2, -0.15) is 0 Å². The van der Waals surface area contributed by atoms with E-state index in [0.29, 0.717) is 0 Å². The van der Waals surface area contributed by atoms with Gasteiger partial charge in [0.05, 0.1) is 0 Å². The van der Waals surface area contributed by atoms with Gasteiger partial charge in [-0.3, -0.25) is 0 Å². The van der Waals surface area contributed by atoms with Crippen LogP contribution in [0.4, 0.5) is 4.39 Å². The van der Waals surface area contributed by atoms with Crippen LogP contribution in [0.2, 0.25) is 0 Å². The van der Waals surface area contributed by atoms with Crippen LogP contribution in [-0.2, 0) is 6.42 Å². The molecule has 0 heterocycles. The minimum atomic E-state index is -0.152. The van der Waals surface area contributed by atoms with Gasteiger partial charge in [0.15, 0.2) is 0 Å². The number of hydrogen-bond donors (Lipinski definition) is 0. The Balaban J connectivity index is 2.11. The molecule has 14 heavy (non-hydrogen) atoms. The summed E-state index contributed by atoms with van der Waals surface area (Å²) in [4.78, 5) is 0. The molecule has 0 N–H and O–H groups in total. The van der Waals surface area contributed by atoms with Crippen LogP contribution >= 0.6 is 11.6 Å². The van der Waals surface area contributed by atoms with Gasteiger partial charge >= 0.3 is 0 Å². The van der Waals surface area contributed by atoms with Gasteiger partial charge in [-0.1, -0.05) is 12.1 Å². The van der Waals surface area contributed by atoms with Crippen LogP contribution in [0.5, 0.6) is 0 Å². The fraction of sp³-hybridized carbons (Fsp3) is 0.500. The third-order valence-corrected chi connectivity index (χ3v) is 3.64. The maximum atomic E-state index is 12.9. The molecule has 0 amide bonds. The van der Waals surface area contributed by atoms with Crippen molar-refractivity contribution < 1.29 is 4.39 Å². The summed E-state index contributed by atoms with van der Waals surface area (Å²) in [5.41, 5.74) is 1.31. The lowest BCUT2D eigenvalue weighted by atomic mass is 9.93. The lowest BCUT2D eigenvalue weighted by molar-refractivity contribution is 0.494. The predicted octanol–water partition coefficient (Wildman–Crippen LogP) is 3.78. The van der Waals surface area contributed by atoms with Gasteiger partial charge in [-0.05, 0) is 49.3 Å². The Labute approximate surface area is 89.1 Å². The van der Waals surface area contributed by atoms with E-state index >= 15 is 0 Å². The molecule has 2 heteroatoms. The number of benzene rings is 1. The quantitative estimate of drug-likeness (QED) is 0.669. The van der Waals surface area contributed by atoms with E-state index in [-0.39, 0.29) is 16.6 Å². The molecule has 1 saturated carbocycles. The van der Waals surface area contributed by atoms with Crippen molar-refractivity contribution in [3.63, 3.8) is 0 Å². The average molecular weight is 213 g/mol. The molecule has 0 aromatic heterocycles. The molecular weight excluding hydrogens is 199 g/mol. The van der Waals surface area contributed by atoms with Gasteiger partial charge in [0.1, 0.15) is 5.82 Å². The first-order chi connectivity index (χ1) is 6.62. The second-order valence-electron chi connectivity index (χ2n) is 4.29. The van der Waals surface area contributed by atoms with Crippen molar-refractivity contribution >= 4 is 11.6 Å². The first-order valence-corrected chi connectivity index (χ1v) is 5.45. The molecular formula is C12H14ClF. The minimum Gasteiger partial charge on any atom is -0.207 e. The van der Waals surface area contributed by atoms with Crippen LogP contribution in [0, 0.1) is 11.2 Å². The van der Waals surface area contributed by atoms with Gasteiger partial charge in [-0.25, -0.2) is 4.39 Å². The highest BCUT2D eigenvalue weighted by Gasteiger charge is 2.46. The van der Waals surface area contributed by atoms with Crippen molar-refractivity contribution in [2.45, 2.75) is 31.6 Å². The molecule has 0 radical (unpaired) electrons. The summed E-state index contributed by atoms with van der Waals surface area (Å²) < 4.78 is 12.9. The first kappa shape index (κ1) is 9.97. The van der Waals surface area contributed by atoms with Crippen LogP contribution in [-0.4, -0.2) is 5.38 Å². The standard InChI is InChI=1S/C12H14ClF/c1-9(13)12(5-6-12)8-10-3-2-4-11(14)7-10/h2-4,7,9H,5-6,8H2,1H3. The number of halogens is 2. The van der Waals surface area contributed by atoms with Crippen molar-refractivity contribution in [1.29, 1.82) is 0 Å². The second-order valence-corrected chi connectivity index (χ2v) is 4.94. The summed E-state index contributed by atoms with van der Waals surface area (Å²) in [5.74, 6) is -0.152. The average Bonchev–Trinajstić information content (AvgIpc) is 2.85. The number of hydrogen-bond acceptors (Lipinski definition) is 0. The normalized spacial score (nSPS) is 20.5. The fourth-order valence-electron chi connectivity index (χ4n) is 1.93. The highest BCUT2D eigenvalue weighted by molar-refractivity contribution is 6.21. The maximum absolute atomic E-state index is 12.9. The van der Waals surface area contributed by atoms with Crippen molar-refractivity contribution in [3.05, 3.63) is 35.6 Å². The Morgan fingerprint density at radius 1 is 1.50 bits per heavy atom. The van der Waals surface area contributed by atoms with E-state index in [4.69, 9.17) is 11.6 Å². The molecule has 0 spiro atoms. The smallest absolute Gasteiger partial charge is 0.123 e. The van der Waals surface area contributed by atoms with Crippen LogP contribution in [0.25, 0.3) is 0 Å². The fourth-order valence-corrected chi connectivity index (χ4v) is 2.22. The topological polar surface area (TPSA) is 0 Å². The van der Waals surface area contributed by atoms with Crippen molar-refractivity contribution in [2.75, 3.05) is 0 Å². The molecule has 0 nitrogen and oxygen atoms in total. The Kier molecular flexibility index (Phi) is 2.52. The van der Waals surface area contributed by atoms with E-state index in [0.717, 1.165) is 12.0 Å². The van der Waals surface area contributed by atoms with E-state index in [2.05, 4.69) is 0 Å². The van der Waals surface area contributed by atoms with Gasteiger partial charge in [0.2, 0.25) is 0 Å². The zero-order valence-corrected chi connectivity index (χ0v) is 9.02. The van der Waals surface area contributed by atoms with E-state index in [1.807, 2.05) is 13.0 Å². The van der Waals surface area contributed by atoms with Gasteiger partial charge in [0, 0.05) is 5.38 Å². The summed E-state index contributed by atoms with van der Waals surface area (Å²) in [5, 5.41) is 0.186. The molecule has 0 saturated heterocycles. The van der Waals surface area contributed by atoms with Crippen LogP contribution in [0.1, 0.15) is 25.3 Å². The third-order valence-electron chi connectivity index (χ3n) is 3.18. The SMILES string of the molecule is CC(Cl)C1(Cc2cccc(F)c2)CC1. The third kappa shape index (κ3) is 1.93. The summed E-state index contributed by atoms with van der Waals surface area (Å²) in [6.07, 6.45) is 3.26. The van der Waals surface area contributed by atoms with E-state index in [1.54, 1.807) is 12.1 Å². The molecule has 76 valence electrons. The van der Waals surface area contributed by atoms with Crippen LogP contribution in [0.15, 0.2) is 24.3 Å². The van der Waals surface area contributed by atoms with Crippen molar-refractivity contribution in [3.8, 4) is 0 Å². The molecule has 1 aliphatic carbocycles. The molecule has 1 aromatic carbocycles. The summed E-state index contributed by atoms with van der Waals surface area (Å²) in [7, 11) is 0. The Hall–Kier alpha value is -0.560. The Bertz CT molecular complexity index is 329. The highest BCUT2D eigenvalue weighted by atomic mass is 35.5. The lowest BCUT2D eigenvalue weighted by Gasteiger charge is -2.17. The molecule has 1 aromatic rings. The number of alkyl halides is 1. The Morgan fingerprint density at radius 3 is 2.71 bits per heavy atom. The zero-order valence-electron chi connectivity index (χ0n) is 8.26. The predicted molar refractivity (Wildman–Crippen MR) is 57.1 cm³/mol. The zero-order chi connectivity index (χ0) is 10.2. The van der Waals surface area contributed by atoms with Crippen LogP contribution in [0.3, 0.4) is 0 Å². The van der Waals surface area contributed by atoms with E-state index in [1.165, 1.54) is 18.9 Å². The summed E-state index contributed by atoms with van der Waals surface area (Å²) in [6.45, 7) is 2.04.